The van der Waals surface area contributed by atoms with Crippen LogP contribution in [0.1, 0.15) is 31.2 Å². The van der Waals surface area contributed by atoms with E-state index < -0.39 is 21.9 Å². The summed E-state index contributed by atoms with van der Waals surface area (Å²) in [6.45, 7) is 0.719. The predicted octanol–water partition coefficient (Wildman–Crippen LogP) is 3.08. The molecule has 1 heterocycles. The number of rotatable bonds is 7. The minimum atomic E-state index is -3.78. The van der Waals surface area contributed by atoms with Gasteiger partial charge in [-0.3, -0.25) is 4.79 Å². The standard InChI is InChI=1S/C21H25FN2O4S/c1-28-19-9-5-16(6-10-19)15-23-21(25)14-18-4-2-3-13-24(18)29(26,27)20-11-7-17(22)8-12-20/h5-12,18H,2-4,13-15H2,1H3,(H,23,25)/t18-/m0/s1. The van der Waals surface area contributed by atoms with E-state index in [2.05, 4.69) is 5.32 Å². The van der Waals surface area contributed by atoms with Crippen LogP contribution >= 0.6 is 0 Å². The molecule has 2 aromatic carbocycles. The SMILES string of the molecule is COc1ccc(CNC(=O)C[C@@H]2CCCCN2S(=O)(=O)c2ccc(F)cc2)cc1. The molecule has 0 radical (unpaired) electrons. The number of carbonyl (C=O) groups is 1. The van der Waals surface area contributed by atoms with Gasteiger partial charge in [0.25, 0.3) is 0 Å². The third-order valence-electron chi connectivity index (χ3n) is 5.06. The van der Waals surface area contributed by atoms with Gasteiger partial charge in [-0.15, -0.1) is 0 Å². The van der Waals surface area contributed by atoms with Gasteiger partial charge in [-0.1, -0.05) is 18.6 Å². The van der Waals surface area contributed by atoms with Crippen molar-refractivity contribution in [3.8, 4) is 5.75 Å². The molecule has 0 spiro atoms. The van der Waals surface area contributed by atoms with E-state index in [1.807, 2.05) is 24.3 Å². The van der Waals surface area contributed by atoms with Crippen LogP contribution in [0.25, 0.3) is 0 Å². The first-order chi connectivity index (χ1) is 13.9. The molecule has 3 rings (SSSR count). The number of ether oxygens (including phenoxy) is 1. The molecule has 1 aliphatic rings. The van der Waals surface area contributed by atoms with E-state index in [1.54, 1.807) is 7.11 Å². The fourth-order valence-electron chi connectivity index (χ4n) is 3.47. The van der Waals surface area contributed by atoms with Crippen molar-refractivity contribution in [3.05, 3.63) is 59.9 Å². The number of nitrogens with one attached hydrogen (secondary N) is 1. The van der Waals surface area contributed by atoms with Crippen molar-refractivity contribution < 1.29 is 22.3 Å². The second-order valence-electron chi connectivity index (χ2n) is 7.05. The van der Waals surface area contributed by atoms with Gasteiger partial charge in [-0.2, -0.15) is 4.31 Å². The molecule has 0 aromatic heterocycles. The Labute approximate surface area is 170 Å². The van der Waals surface area contributed by atoms with Crippen molar-refractivity contribution >= 4 is 15.9 Å². The van der Waals surface area contributed by atoms with E-state index in [-0.39, 0.29) is 17.2 Å². The molecular formula is C21H25FN2O4S. The molecule has 156 valence electrons. The van der Waals surface area contributed by atoms with E-state index in [4.69, 9.17) is 4.74 Å². The molecule has 8 heteroatoms. The lowest BCUT2D eigenvalue weighted by molar-refractivity contribution is -0.122. The number of piperidine rings is 1. The van der Waals surface area contributed by atoms with E-state index in [0.717, 1.165) is 36.3 Å². The fraction of sp³-hybridized carbons (Fsp3) is 0.381. The lowest BCUT2D eigenvalue weighted by Crippen LogP contribution is -2.45. The van der Waals surface area contributed by atoms with Gasteiger partial charge >= 0.3 is 0 Å². The molecule has 1 N–H and O–H groups in total. The van der Waals surface area contributed by atoms with Crippen LogP contribution in [0.2, 0.25) is 0 Å². The second kappa shape index (κ2) is 9.37. The zero-order chi connectivity index (χ0) is 20.9. The first-order valence-electron chi connectivity index (χ1n) is 9.57. The monoisotopic (exact) mass is 420 g/mol. The van der Waals surface area contributed by atoms with Crippen LogP contribution in [0.15, 0.2) is 53.4 Å². The van der Waals surface area contributed by atoms with Crippen molar-refractivity contribution in [2.45, 2.75) is 43.2 Å². The summed E-state index contributed by atoms with van der Waals surface area (Å²) in [6.07, 6.45) is 2.32. The molecule has 1 amide bonds. The van der Waals surface area contributed by atoms with Gasteiger partial charge in [-0.25, -0.2) is 12.8 Å². The highest BCUT2D eigenvalue weighted by atomic mass is 32.2. The molecule has 1 fully saturated rings. The Bertz CT molecular complexity index is 930. The van der Waals surface area contributed by atoms with Gasteiger partial charge < -0.3 is 10.1 Å². The summed E-state index contributed by atoms with van der Waals surface area (Å²) in [6, 6.07) is 11.8. The maximum Gasteiger partial charge on any atom is 0.243 e. The molecule has 29 heavy (non-hydrogen) atoms. The maximum atomic E-state index is 13.2. The first-order valence-corrected chi connectivity index (χ1v) is 11.0. The predicted molar refractivity (Wildman–Crippen MR) is 107 cm³/mol. The van der Waals surface area contributed by atoms with Crippen molar-refractivity contribution in [3.63, 3.8) is 0 Å². The normalized spacial score (nSPS) is 17.7. The number of amides is 1. The van der Waals surface area contributed by atoms with Gasteiger partial charge in [0.2, 0.25) is 15.9 Å². The van der Waals surface area contributed by atoms with E-state index in [1.165, 1.54) is 16.4 Å². The van der Waals surface area contributed by atoms with Crippen LogP contribution in [0.5, 0.6) is 5.75 Å². The lowest BCUT2D eigenvalue weighted by atomic mass is 10.0. The Morgan fingerprint density at radius 3 is 2.48 bits per heavy atom. The quantitative estimate of drug-likeness (QED) is 0.747. The number of methoxy groups -OCH3 is 1. The van der Waals surface area contributed by atoms with E-state index >= 15 is 0 Å². The van der Waals surface area contributed by atoms with Gasteiger partial charge in [0, 0.05) is 25.6 Å². The molecule has 1 aliphatic heterocycles. The molecule has 1 saturated heterocycles. The Morgan fingerprint density at radius 2 is 1.83 bits per heavy atom. The number of nitrogens with zero attached hydrogens (tertiary/aromatic N) is 1. The summed E-state index contributed by atoms with van der Waals surface area (Å²) < 4.78 is 45.6. The number of benzene rings is 2. The molecule has 2 aromatic rings. The number of carbonyl (C=O) groups excluding carboxylic acids is 1. The zero-order valence-corrected chi connectivity index (χ0v) is 17.1. The van der Waals surface area contributed by atoms with Crippen LogP contribution in [0.4, 0.5) is 4.39 Å². The number of sulfonamides is 1. The van der Waals surface area contributed by atoms with E-state index in [9.17, 15) is 17.6 Å². The average Bonchev–Trinajstić information content (AvgIpc) is 2.73. The van der Waals surface area contributed by atoms with Gasteiger partial charge in [0.1, 0.15) is 11.6 Å². The van der Waals surface area contributed by atoms with Crippen molar-refractivity contribution in [1.29, 1.82) is 0 Å². The number of hydrogen-bond acceptors (Lipinski definition) is 4. The second-order valence-corrected chi connectivity index (χ2v) is 8.94. The van der Waals surface area contributed by atoms with Crippen molar-refractivity contribution in [2.24, 2.45) is 0 Å². The first kappa shape index (κ1) is 21.3. The fourth-order valence-corrected chi connectivity index (χ4v) is 5.16. The maximum absolute atomic E-state index is 13.2. The highest BCUT2D eigenvalue weighted by molar-refractivity contribution is 7.89. The average molecular weight is 421 g/mol. The van der Waals surface area contributed by atoms with Crippen LogP contribution in [0, 0.1) is 5.82 Å². The third kappa shape index (κ3) is 5.33. The van der Waals surface area contributed by atoms with Crippen LogP contribution in [-0.2, 0) is 21.4 Å². The zero-order valence-electron chi connectivity index (χ0n) is 16.3. The summed E-state index contributed by atoms with van der Waals surface area (Å²) in [7, 11) is -2.19. The number of hydrogen-bond donors (Lipinski definition) is 1. The minimum absolute atomic E-state index is 0.0458. The largest absolute Gasteiger partial charge is 0.497 e. The summed E-state index contributed by atoms with van der Waals surface area (Å²) in [5, 5.41) is 2.85. The smallest absolute Gasteiger partial charge is 0.243 e. The highest BCUT2D eigenvalue weighted by Crippen LogP contribution is 2.27. The molecule has 0 unspecified atom stereocenters. The Kier molecular flexibility index (Phi) is 6.87. The summed E-state index contributed by atoms with van der Waals surface area (Å²) in [4.78, 5) is 12.5. The summed E-state index contributed by atoms with van der Waals surface area (Å²) in [5.74, 6) is 0.0491. The Balaban J connectivity index is 1.64. The van der Waals surface area contributed by atoms with Gasteiger partial charge in [0.05, 0.1) is 12.0 Å². The number of halogens is 1. The molecule has 6 nitrogen and oxygen atoms in total. The molecule has 1 atom stereocenters. The lowest BCUT2D eigenvalue weighted by Gasteiger charge is -2.34. The molecule has 0 saturated carbocycles. The van der Waals surface area contributed by atoms with Gasteiger partial charge in [0.15, 0.2) is 0 Å². The van der Waals surface area contributed by atoms with Crippen molar-refractivity contribution in [1.82, 2.24) is 9.62 Å². The summed E-state index contributed by atoms with van der Waals surface area (Å²) >= 11 is 0. The third-order valence-corrected chi connectivity index (χ3v) is 7.03. The molecule has 0 aliphatic carbocycles. The highest BCUT2D eigenvalue weighted by Gasteiger charge is 2.34. The topological polar surface area (TPSA) is 75.7 Å². The Morgan fingerprint density at radius 1 is 1.14 bits per heavy atom. The summed E-state index contributed by atoms with van der Waals surface area (Å²) in [5.41, 5.74) is 0.929. The van der Waals surface area contributed by atoms with Crippen LogP contribution in [0.3, 0.4) is 0 Å². The Hall–Kier alpha value is -2.45. The van der Waals surface area contributed by atoms with Crippen molar-refractivity contribution in [2.75, 3.05) is 13.7 Å². The molecular weight excluding hydrogens is 395 g/mol. The molecule has 0 bridgehead atoms. The van der Waals surface area contributed by atoms with Gasteiger partial charge in [-0.05, 0) is 54.8 Å². The van der Waals surface area contributed by atoms with E-state index in [0.29, 0.717) is 19.5 Å². The van der Waals surface area contributed by atoms with Crippen LogP contribution < -0.4 is 10.1 Å². The minimum Gasteiger partial charge on any atom is -0.497 e. The van der Waals surface area contributed by atoms with Crippen LogP contribution in [-0.4, -0.2) is 38.3 Å².